The van der Waals surface area contributed by atoms with Crippen LogP contribution in [0.2, 0.25) is 0 Å². The van der Waals surface area contributed by atoms with Gasteiger partial charge in [0.15, 0.2) is 0 Å². The first-order valence-corrected chi connectivity index (χ1v) is 10.5. The Hall–Kier alpha value is -3.39. The van der Waals surface area contributed by atoms with Crippen LogP contribution in [0.15, 0.2) is 58.1 Å². The number of nitrogens with one attached hydrogen (secondary N) is 2. The SMILES string of the molecule is O=C(CCn1[nH]c(=O)c2ccccc2c1=O)Nc1ccccc1OCC1CCCCO1. The first kappa shape index (κ1) is 20.9. The van der Waals surface area contributed by atoms with E-state index < -0.39 is 0 Å². The predicted octanol–water partition coefficient (Wildman–Crippen LogP) is 2.67. The molecule has 3 aromatic rings. The van der Waals surface area contributed by atoms with E-state index in [-0.39, 0.29) is 36.1 Å². The average Bonchev–Trinajstić information content (AvgIpc) is 2.80. The van der Waals surface area contributed by atoms with Crippen LogP contribution < -0.4 is 21.2 Å². The number of hydrogen-bond acceptors (Lipinski definition) is 5. The molecular weight excluding hydrogens is 398 g/mol. The fourth-order valence-electron chi connectivity index (χ4n) is 3.65. The van der Waals surface area contributed by atoms with Crippen molar-refractivity contribution < 1.29 is 14.3 Å². The van der Waals surface area contributed by atoms with Crippen LogP contribution in [0.1, 0.15) is 25.7 Å². The van der Waals surface area contributed by atoms with Crippen molar-refractivity contribution in [2.45, 2.75) is 38.3 Å². The normalized spacial score (nSPS) is 16.2. The zero-order valence-electron chi connectivity index (χ0n) is 17.1. The fourth-order valence-corrected chi connectivity index (χ4v) is 3.65. The van der Waals surface area contributed by atoms with Gasteiger partial charge in [0.05, 0.1) is 29.1 Å². The molecule has 2 heterocycles. The number of aryl methyl sites for hydroxylation is 1. The van der Waals surface area contributed by atoms with Crippen LogP contribution in [0, 0.1) is 0 Å². The van der Waals surface area contributed by atoms with E-state index in [1.807, 2.05) is 12.1 Å². The van der Waals surface area contributed by atoms with Gasteiger partial charge in [-0.05, 0) is 43.5 Å². The Morgan fingerprint density at radius 3 is 2.68 bits per heavy atom. The molecule has 2 aromatic carbocycles. The smallest absolute Gasteiger partial charge is 0.273 e. The second-order valence-electron chi connectivity index (χ2n) is 7.54. The molecule has 1 amide bonds. The highest BCUT2D eigenvalue weighted by atomic mass is 16.5. The largest absolute Gasteiger partial charge is 0.489 e. The maximum atomic E-state index is 12.6. The summed E-state index contributed by atoms with van der Waals surface area (Å²) >= 11 is 0. The van der Waals surface area contributed by atoms with E-state index in [4.69, 9.17) is 9.47 Å². The Morgan fingerprint density at radius 2 is 1.87 bits per heavy atom. The highest BCUT2D eigenvalue weighted by molar-refractivity contribution is 5.92. The van der Waals surface area contributed by atoms with Crippen molar-refractivity contribution in [1.82, 2.24) is 9.78 Å². The zero-order valence-corrected chi connectivity index (χ0v) is 17.1. The molecule has 1 saturated heterocycles. The van der Waals surface area contributed by atoms with E-state index >= 15 is 0 Å². The summed E-state index contributed by atoms with van der Waals surface area (Å²) in [5.74, 6) is 0.284. The third kappa shape index (κ3) is 5.03. The van der Waals surface area contributed by atoms with Crippen molar-refractivity contribution in [3.8, 4) is 5.75 Å². The summed E-state index contributed by atoms with van der Waals surface area (Å²) in [7, 11) is 0. The van der Waals surface area contributed by atoms with Gasteiger partial charge in [-0.1, -0.05) is 24.3 Å². The second-order valence-corrected chi connectivity index (χ2v) is 7.54. The predicted molar refractivity (Wildman–Crippen MR) is 118 cm³/mol. The molecule has 1 aromatic heterocycles. The monoisotopic (exact) mass is 423 g/mol. The van der Waals surface area contributed by atoms with Gasteiger partial charge < -0.3 is 14.8 Å². The van der Waals surface area contributed by atoms with Crippen LogP contribution in [0.25, 0.3) is 10.8 Å². The molecule has 1 unspecified atom stereocenters. The van der Waals surface area contributed by atoms with Crippen LogP contribution in [-0.2, 0) is 16.1 Å². The number of nitrogens with zero attached hydrogens (tertiary/aromatic N) is 1. The topological polar surface area (TPSA) is 102 Å². The minimum absolute atomic E-state index is 0.0221. The number of para-hydroxylation sites is 2. The fraction of sp³-hybridized carbons (Fsp3) is 0.348. The molecule has 0 radical (unpaired) electrons. The number of H-pyrrole nitrogens is 1. The van der Waals surface area contributed by atoms with Gasteiger partial charge >= 0.3 is 0 Å². The number of aromatic amines is 1. The molecule has 162 valence electrons. The molecule has 4 rings (SSSR count). The summed E-state index contributed by atoms with van der Waals surface area (Å²) in [6, 6.07) is 13.8. The minimum atomic E-state index is -0.362. The van der Waals surface area contributed by atoms with Crippen molar-refractivity contribution in [2.24, 2.45) is 0 Å². The van der Waals surface area contributed by atoms with Gasteiger partial charge in [-0.2, -0.15) is 0 Å². The standard InChI is InChI=1S/C23H25N3O5/c27-21(12-13-26-23(29)18-9-2-1-8-17(18)22(28)25-26)24-19-10-3-4-11-20(19)31-15-16-7-5-6-14-30-16/h1-4,8-11,16H,5-7,12-15H2,(H,24,27)(H,25,28). The molecule has 31 heavy (non-hydrogen) atoms. The zero-order chi connectivity index (χ0) is 21.6. The molecule has 8 nitrogen and oxygen atoms in total. The molecule has 1 aliphatic heterocycles. The molecule has 0 aliphatic carbocycles. The lowest BCUT2D eigenvalue weighted by molar-refractivity contribution is -0.116. The van der Waals surface area contributed by atoms with Crippen LogP contribution in [0.5, 0.6) is 5.75 Å². The first-order valence-electron chi connectivity index (χ1n) is 10.5. The minimum Gasteiger partial charge on any atom is -0.489 e. The van der Waals surface area contributed by atoms with Crippen LogP contribution in [0.4, 0.5) is 5.69 Å². The van der Waals surface area contributed by atoms with Crippen molar-refractivity contribution in [3.63, 3.8) is 0 Å². The van der Waals surface area contributed by atoms with Gasteiger partial charge in [0, 0.05) is 13.0 Å². The number of fused-ring (bicyclic) bond motifs is 1. The molecule has 1 aliphatic rings. The van der Waals surface area contributed by atoms with Gasteiger partial charge in [-0.25, -0.2) is 4.68 Å². The second kappa shape index (κ2) is 9.61. The number of amides is 1. The third-order valence-electron chi connectivity index (χ3n) is 5.31. The Kier molecular flexibility index (Phi) is 6.47. The number of rotatable bonds is 7. The van der Waals surface area contributed by atoms with Gasteiger partial charge in [0.1, 0.15) is 12.4 Å². The van der Waals surface area contributed by atoms with Gasteiger partial charge in [-0.15, -0.1) is 0 Å². The number of anilines is 1. The maximum absolute atomic E-state index is 12.6. The molecule has 2 N–H and O–H groups in total. The Bertz CT molecular complexity index is 1180. The summed E-state index contributed by atoms with van der Waals surface area (Å²) < 4.78 is 12.7. The quantitative estimate of drug-likeness (QED) is 0.608. The number of hydrogen-bond donors (Lipinski definition) is 2. The summed E-state index contributed by atoms with van der Waals surface area (Å²) in [5, 5.41) is 6.03. The van der Waals surface area contributed by atoms with Crippen LogP contribution in [-0.4, -0.2) is 35.0 Å². The number of ether oxygens (including phenoxy) is 2. The van der Waals surface area contributed by atoms with Gasteiger partial charge in [0.2, 0.25) is 5.91 Å². The lowest BCUT2D eigenvalue weighted by Crippen LogP contribution is -2.31. The molecule has 0 bridgehead atoms. The Morgan fingerprint density at radius 1 is 1.10 bits per heavy atom. The molecule has 8 heteroatoms. The lowest BCUT2D eigenvalue weighted by Gasteiger charge is -2.23. The Labute approximate surface area is 178 Å². The highest BCUT2D eigenvalue weighted by Gasteiger charge is 2.16. The molecule has 0 saturated carbocycles. The van der Waals surface area contributed by atoms with Gasteiger partial charge in [0.25, 0.3) is 11.1 Å². The average molecular weight is 423 g/mol. The van der Waals surface area contributed by atoms with Crippen LogP contribution >= 0.6 is 0 Å². The molecule has 1 fully saturated rings. The third-order valence-corrected chi connectivity index (χ3v) is 5.31. The number of carbonyl (C=O) groups excluding carboxylic acids is 1. The molecular formula is C23H25N3O5. The van der Waals surface area contributed by atoms with E-state index in [1.165, 1.54) is 4.68 Å². The highest BCUT2D eigenvalue weighted by Crippen LogP contribution is 2.25. The molecule has 1 atom stereocenters. The van der Waals surface area contributed by atoms with Crippen LogP contribution in [0.3, 0.4) is 0 Å². The van der Waals surface area contributed by atoms with Crippen molar-refractivity contribution in [3.05, 3.63) is 69.2 Å². The number of carbonyl (C=O) groups is 1. The van der Waals surface area contributed by atoms with E-state index in [0.29, 0.717) is 28.8 Å². The number of aromatic nitrogens is 2. The first-order chi connectivity index (χ1) is 15.1. The lowest BCUT2D eigenvalue weighted by atomic mass is 10.1. The summed E-state index contributed by atoms with van der Waals surface area (Å²) in [6.07, 6.45) is 3.26. The van der Waals surface area contributed by atoms with E-state index in [2.05, 4.69) is 10.4 Å². The van der Waals surface area contributed by atoms with E-state index in [1.54, 1.807) is 36.4 Å². The summed E-state index contributed by atoms with van der Waals surface area (Å²) in [4.78, 5) is 37.3. The van der Waals surface area contributed by atoms with E-state index in [9.17, 15) is 14.4 Å². The summed E-state index contributed by atoms with van der Waals surface area (Å²) in [5.41, 5.74) is -0.138. The van der Waals surface area contributed by atoms with E-state index in [0.717, 1.165) is 25.9 Å². The molecule has 0 spiro atoms. The number of benzene rings is 2. The maximum Gasteiger partial charge on any atom is 0.273 e. The van der Waals surface area contributed by atoms with Gasteiger partial charge in [-0.3, -0.25) is 19.5 Å². The van der Waals surface area contributed by atoms with Crippen molar-refractivity contribution in [2.75, 3.05) is 18.5 Å². The van der Waals surface area contributed by atoms with Crippen molar-refractivity contribution in [1.29, 1.82) is 0 Å². The Balaban J connectivity index is 1.39. The summed E-state index contributed by atoms with van der Waals surface area (Å²) in [6.45, 7) is 1.24. The van der Waals surface area contributed by atoms with Crippen molar-refractivity contribution >= 4 is 22.4 Å².